The third-order valence-electron chi connectivity index (χ3n) is 5.80. The van der Waals surface area contributed by atoms with Gasteiger partial charge in [-0.25, -0.2) is 13.1 Å². The molecule has 1 saturated heterocycles. The van der Waals surface area contributed by atoms with Crippen LogP contribution in [0.25, 0.3) is 0 Å². The summed E-state index contributed by atoms with van der Waals surface area (Å²) in [6.07, 6.45) is 1.66. The molecule has 0 bridgehead atoms. The van der Waals surface area contributed by atoms with Crippen LogP contribution in [0.4, 0.5) is 11.4 Å². The molecule has 10 nitrogen and oxygen atoms in total. The van der Waals surface area contributed by atoms with Gasteiger partial charge in [0.2, 0.25) is 28.6 Å². The largest absolute Gasteiger partial charge is 0.495 e. The second kappa shape index (κ2) is 8.23. The Hall–Kier alpha value is -3.31. The molecule has 1 aliphatic carbocycles. The number of rotatable bonds is 7. The van der Waals surface area contributed by atoms with Crippen molar-refractivity contribution in [1.82, 2.24) is 4.72 Å². The maximum atomic E-state index is 13.0. The molecule has 0 spiro atoms. The summed E-state index contributed by atoms with van der Waals surface area (Å²) in [5.41, 5.74) is 0.853. The van der Waals surface area contributed by atoms with Gasteiger partial charge < -0.3 is 24.4 Å². The van der Waals surface area contributed by atoms with Crippen molar-refractivity contribution in [3.8, 4) is 17.2 Å². The van der Waals surface area contributed by atoms with Crippen LogP contribution in [0, 0.1) is 5.92 Å². The average Bonchev–Trinajstić information content (AvgIpc) is 3.31. The van der Waals surface area contributed by atoms with E-state index in [4.69, 9.17) is 14.2 Å². The molecule has 1 saturated carbocycles. The first-order valence-electron chi connectivity index (χ1n) is 10.6. The minimum Gasteiger partial charge on any atom is -0.495 e. The van der Waals surface area contributed by atoms with Gasteiger partial charge in [0.25, 0.3) is 0 Å². The highest BCUT2D eigenvalue weighted by Crippen LogP contribution is 2.37. The number of amides is 2. The van der Waals surface area contributed by atoms with E-state index in [1.807, 2.05) is 0 Å². The lowest BCUT2D eigenvalue weighted by atomic mass is 10.1. The summed E-state index contributed by atoms with van der Waals surface area (Å²) in [5.74, 6) is 0.289. The van der Waals surface area contributed by atoms with Gasteiger partial charge in [-0.05, 0) is 43.2 Å². The van der Waals surface area contributed by atoms with E-state index in [1.165, 1.54) is 30.2 Å². The third kappa shape index (κ3) is 4.33. The molecule has 2 aliphatic heterocycles. The van der Waals surface area contributed by atoms with Gasteiger partial charge in [-0.15, -0.1) is 0 Å². The van der Waals surface area contributed by atoms with Crippen molar-refractivity contribution in [3.63, 3.8) is 0 Å². The van der Waals surface area contributed by atoms with E-state index >= 15 is 0 Å². The van der Waals surface area contributed by atoms with Gasteiger partial charge in [0.1, 0.15) is 5.75 Å². The van der Waals surface area contributed by atoms with E-state index in [0.29, 0.717) is 22.9 Å². The molecular weight excluding hydrogens is 450 g/mol. The molecule has 3 aliphatic rings. The zero-order valence-corrected chi connectivity index (χ0v) is 18.7. The normalized spacial score (nSPS) is 19.6. The zero-order valence-electron chi connectivity index (χ0n) is 17.9. The van der Waals surface area contributed by atoms with E-state index in [1.54, 1.807) is 18.2 Å². The number of benzene rings is 2. The van der Waals surface area contributed by atoms with Crippen LogP contribution in [-0.4, -0.2) is 46.7 Å². The molecule has 2 amide bonds. The predicted molar refractivity (Wildman–Crippen MR) is 118 cm³/mol. The molecule has 2 aromatic carbocycles. The van der Waals surface area contributed by atoms with Crippen molar-refractivity contribution in [2.45, 2.75) is 30.2 Å². The number of fused-ring (bicyclic) bond motifs is 1. The molecule has 11 heteroatoms. The topological polar surface area (TPSA) is 123 Å². The molecule has 0 radical (unpaired) electrons. The molecule has 5 rings (SSSR count). The zero-order chi connectivity index (χ0) is 23.2. The lowest BCUT2D eigenvalue weighted by molar-refractivity contribution is -0.122. The number of hydrogen-bond acceptors (Lipinski definition) is 7. The summed E-state index contributed by atoms with van der Waals surface area (Å²) in [7, 11) is -2.27. The quantitative estimate of drug-likeness (QED) is 0.629. The van der Waals surface area contributed by atoms with Gasteiger partial charge in [0, 0.05) is 30.8 Å². The van der Waals surface area contributed by atoms with E-state index in [2.05, 4.69) is 10.0 Å². The summed E-state index contributed by atoms with van der Waals surface area (Å²) < 4.78 is 43.7. The average molecular weight is 474 g/mol. The van der Waals surface area contributed by atoms with Crippen LogP contribution in [0.3, 0.4) is 0 Å². The van der Waals surface area contributed by atoms with Crippen molar-refractivity contribution in [2.75, 3.05) is 30.7 Å². The lowest BCUT2D eigenvalue weighted by Gasteiger charge is -2.18. The van der Waals surface area contributed by atoms with Crippen molar-refractivity contribution in [3.05, 3.63) is 36.4 Å². The highest BCUT2D eigenvalue weighted by molar-refractivity contribution is 7.89. The summed E-state index contributed by atoms with van der Waals surface area (Å²) >= 11 is 0. The van der Waals surface area contributed by atoms with Crippen LogP contribution in [-0.2, 0) is 19.6 Å². The Morgan fingerprint density at radius 2 is 1.91 bits per heavy atom. The molecule has 0 aromatic heterocycles. The van der Waals surface area contributed by atoms with E-state index < -0.39 is 21.8 Å². The van der Waals surface area contributed by atoms with Gasteiger partial charge >= 0.3 is 0 Å². The first-order chi connectivity index (χ1) is 15.8. The number of methoxy groups -OCH3 is 1. The monoisotopic (exact) mass is 473 g/mol. The smallest absolute Gasteiger partial charge is 0.240 e. The van der Waals surface area contributed by atoms with Gasteiger partial charge in [-0.1, -0.05) is 0 Å². The Balaban J connectivity index is 1.32. The minimum absolute atomic E-state index is 0.0316. The fraction of sp³-hybridized carbons (Fsp3) is 0.364. The molecule has 2 N–H and O–H groups in total. The Labute approximate surface area is 190 Å². The van der Waals surface area contributed by atoms with Crippen molar-refractivity contribution in [1.29, 1.82) is 0 Å². The highest BCUT2D eigenvalue weighted by atomic mass is 32.2. The number of sulfonamides is 1. The van der Waals surface area contributed by atoms with Gasteiger partial charge in [0.05, 0.1) is 23.6 Å². The molecule has 2 aromatic rings. The number of ether oxygens (including phenoxy) is 3. The van der Waals surface area contributed by atoms with Crippen LogP contribution >= 0.6 is 0 Å². The molecule has 1 atom stereocenters. The number of nitrogens with zero attached hydrogens (tertiary/aromatic N) is 1. The van der Waals surface area contributed by atoms with Gasteiger partial charge in [-0.3, -0.25) is 9.59 Å². The number of anilines is 2. The lowest BCUT2D eigenvalue weighted by Crippen LogP contribution is -2.28. The maximum absolute atomic E-state index is 13.0. The third-order valence-corrected chi connectivity index (χ3v) is 7.32. The van der Waals surface area contributed by atoms with Crippen LogP contribution in [0.15, 0.2) is 41.3 Å². The number of carbonyl (C=O) groups excluding carboxylic acids is 2. The Morgan fingerprint density at radius 3 is 2.67 bits per heavy atom. The highest BCUT2D eigenvalue weighted by Gasteiger charge is 2.36. The SMILES string of the molecule is COc1ccc(S(=O)(=O)NC2CC2)cc1NC(=O)C1CC(=O)N(c2ccc3c(c2)OCO3)C1. The predicted octanol–water partition coefficient (Wildman–Crippen LogP) is 1.86. The number of carbonyl (C=O) groups is 2. The van der Waals surface area contributed by atoms with Crippen molar-refractivity contribution >= 4 is 33.2 Å². The maximum Gasteiger partial charge on any atom is 0.240 e. The molecular formula is C22H23N3O7S. The van der Waals surface area contributed by atoms with Crippen LogP contribution in [0.1, 0.15) is 19.3 Å². The Kier molecular flexibility index (Phi) is 5.37. The summed E-state index contributed by atoms with van der Waals surface area (Å²) in [5, 5.41) is 2.74. The van der Waals surface area contributed by atoms with Crippen LogP contribution in [0.2, 0.25) is 0 Å². The van der Waals surface area contributed by atoms with Crippen LogP contribution < -0.4 is 29.1 Å². The van der Waals surface area contributed by atoms with Gasteiger partial charge in [0.15, 0.2) is 11.5 Å². The van der Waals surface area contributed by atoms with Gasteiger partial charge in [-0.2, -0.15) is 0 Å². The first-order valence-corrected chi connectivity index (χ1v) is 12.0. The molecule has 2 heterocycles. The second-order valence-electron chi connectivity index (χ2n) is 8.19. The Bertz CT molecular complexity index is 1230. The Morgan fingerprint density at radius 1 is 1.12 bits per heavy atom. The second-order valence-corrected chi connectivity index (χ2v) is 9.90. The summed E-state index contributed by atoms with van der Waals surface area (Å²) in [6, 6.07) is 9.44. The van der Waals surface area contributed by atoms with Crippen molar-refractivity contribution < 1.29 is 32.2 Å². The molecule has 1 unspecified atom stereocenters. The first kappa shape index (κ1) is 21.5. The summed E-state index contributed by atoms with van der Waals surface area (Å²) in [6.45, 7) is 0.318. The van der Waals surface area contributed by atoms with E-state index in [-0.39, 0.29) is 42.3 Å². The number of nitrogens with one attached hydrogen (secondary N) is 2. The molecule has 33 heavy (non-hydrogen) atoms. The molecule has 2 fully saturated rings. The minimum atomic E-state index is -3.70. The fourth-order valence-corrected chi connectivity index (χ4v) is 5.19. The molecule has 174 valence electrons. The van der Waals surface area contributed by atoms with Crippen LogP contribution in [0.5, 0.6) is 17.2 Å². The van der Waals surface area contributed by atoms with Crippen molar-refractivity contribution in [2.24, 2.45) is 5.92 Å². The fourth-order valence-electron chi connectivity index (χ4n) is 3.86. The number of hydrogen-bond donors (Lipinski definition) is 2. The van der Waals surface area contributed by atoms with E-state index in [9.17, 15) is 18.0 Å². The summed E-state index contributed by atoms with van der Waals surface area (Å²) in [4.78, 5) is 27.2. The van der Waals surface area contributed by atoms with E-state index in [0.717, 1.165) is 12.8 Å². The standard InChI is InChI=1S/C22H23N3O7S/c1-30-18-7-5-16(33(28,29)24-14-2-3-14)10-17(18)23-22(27)13-8-21(26)25(11-13)15-4-6-19-20(9-15)32-12-31-19/h4-7,9-10,13-14,24H,2-3,8,11-12H2,1H3,(H,23,27).